The topological polar surface area (TPSA) is 102 Å². The van der Waals surface area contributed by atoms with Crippen molar-refractivity contribution in [1.29, 1.82) is 0 Å². The third-order valence-electron chi connectivity index (χ3n) is 4.10. The van der Waals surface area contributed by atoms with E-state index in [9.17, 15) is 19.7 Å². The van der Waals surface area contributed by atoms with Gasteiger partial charge in [-0.25, -0.2) is 9.79 Å². The molecule has 2 aliphatic rings. The number of hydrogen-bond acceptors (Lipinski definition) is 7. The van der Waals surface area contributed by atoms with Crippen molar-refractivity contribution in [3.63, 3.8) is 0 Å². The van der Waals surface area contributed by atoms with Gasteiger partial charge in [0.2, 0.25) is 5.91 Å². The van der Waals surface area contributed by atoms with Crippen molar-refractivity contribution in [3.8, 4) is 0 Å². The first-order chi connectivity index (χ1) is 12.4. The first kappa shape index (κ1) is 18.1. The molecule has 3 rings (SSSR count). The number of ether oxygens (including phenoxy) is 1. The summed E-state index contributed by atoms with van der Waals surface area (Å²) in [6.07, 6.45) is 0.310. The summed E-state index contributed by atoms with van der Waals surface area (Å²) in [5.41, 5.74) is 1.05. The van der Waals surface area contributed by atoms with Gasteiger partial charge in [-0.2, -0.15) is 0 Å². The molecule has 0 radical (unpaired) electrons. The van der Waals surface area contributed by atoms with Crippen LogP contribution in [0.25, 0.3) is 0 Å². The van der Waals surface area contributed by atoms with Crippen LogP contribution in [0.5, 0.6) is 0 Å². The third-order valence-corrected chi connectivity index (χ3v) is 5.05. The van der Waals surface area contributed by atoms with Crippen molar-refractivity contribution >= 4 is 34.5 Å². The molecule has 1 aromatic carbocycles. The smallest absolute Gasteiger partial charge is 0.338 e. The van der Waals surface area contributed by atoms with Crippen molar-refractivity contribution in [2.24, 2.45) is 4.99 Å². The van der Waals surface area contributed by atoms with E-state index in [1.165, 1.54) is 28.8 Å². The van der Waals surface area contributed by atoms with Gasteiger partial charge in [0.15, 0.2) is 5.17 Å². The van der Waals surface area contributed by atoms with Gasteiger partial charge in [-0.1, -0.05) is 23.9 Å². The van der Waals surface area contributed by atoms with Crippen LogP contribution in [-0.2, 0) is 14.3 Å². The van der Waals surface area contributed by atoms with E-state index in [0.717, 1.165) is 0 Å². The molecule has 1 atom stereocenters. The average Bonchev–Trinajstić information content (AvgIpc) is 2.61. The van der Waals surface area contributed by atoms with Crippen molar-refractivity contribution in [3.05, 3.63) is 51.2 Å². The summed E-state index contributed by atoms with van der Waals surface area (Å²) in [6, 6.07) is 5.17. The first-order valence-electron chi connectivity index (χ1n) is 8.09. The molecule has 1 saturated heterocycles. The number of hydrogen-bond donors (Lipinski definition) is 0. The Morgan fingerprint density at radius 2 is 2.27 bits per heavy atom. The Morgan fingerprint density at radius 1 is 1.50 bits per heavy atom. The summed E-state index contributed by atoms with van der Waals surface area (Å²) >= 11 is 1.43. The number of nitro groups is 1. The van der Waals surface area contributed by atoms with Gasteiger partial charge in [-0.15, -0.1) is 0 Å². The molecule has 1 amide bonds. The summed E-state index contributed by atoms with van der Waals surface area (Å²) < 4.78 is 5.15. The van der Waals surface area contributed by atoms with Gasteiger partial charge in [0, 0.05) is 24.3 Å². The monoisotopic (exact) mass is 375 g/mol. The summed E-state index contributed by atoms with van der Waals surface area (Å²) in [5, 5.41) is 11.7. The van der Waals surface area contributed by atoms with Crippen molar-refractivity contribution < 1.29 is 19.2 Å². The maximum absolute atomic E-state index is 12.6. The fourth-order valence-corrected chi connectivity index (χ4v) is 4.00. The predicted octanol–water partition coefficient (Wildman–Crippen LogP) is 2.81. The zero-order valence-electron chi connectivity index (χ0n) is 14.3. The highest BCUT2D eigenvalue weighted by atomic mass is 32.2. The van der Waals surface area contributed by atoms with Crippen LogP contribution in [0.4, 0.5) is 5.69 Å². The van der Waals surface area contributed by atoms with Crippen LogP contribution in [0, 0.1) is 10.1 Å². The lowest BCUT2D eigenvalue weighted by atomic mass is 9.94. The number of allylic oxidation sites excluding steroid dienone is 1. The van der Waals surface area contributed by atoms with Crippen LogP contribution in [0.15, 0.2) is 40.5 Å². The Balaban J connectivity index is 2.17. The maximum Gasteiger partial charge on any atom is 0.338 e. The predicted molar refractivity (Wildman–Crippen MR) is 96.5 cm³/mol. The molecule has 2 heterocycles. The third kappa shape index (κ3) is 3.22. The fraction of sp³-hybridized carbons (Fsp3) is 0.353. The van der Waals surface area contributed by atoms with E-state index in [2.05, 4.69) is 4.99 Å². The number of fused-ring (bicyclic) bond motifs is 1. The number of carbonyl (C=O) groups is 2. The van der Waals surface area contributed by atoms with E-state index in [0.29, 0.717) is 28.6 Å². The summed E-state index contributed by atoms with van der Waals surface area (Å²) in [5.74, 6) is -0.140. The van der Waals surface area contributed by atoms with Gasteiger partial charge in [0.25, 0.3) is 5.69 Å². The van der Waals surface area contributed by atoms with Crippen LogP contribution in [0.3, 0.4) is 0 Å². The van der Waals surface area contributed by atoms with Crippen LogP contribution < -0.4 is 0 Å². The van der Waals surface area contributed by atoms with E-state index in [4.69, 9.17) is 4.74 Å². The number of amides is 1. The van der Waals surface area contributed by atoms with E-state index >= 15 is 0 Å². The number of rotatable bonds is 4. The van der Waals surface area contributed by atoms with Gasteiger partial charge in [-0.05, 0) is 19.4 Å². The molecule has 0 saturated carbocycles. The molecule has 1 unspecified atom stereocenters. The standard InChI is InChI=1S/C17H17N3O5S/c1-3-25-16(22)14-10(2)18-17-19(13(21)7-8-26-17)15(14)11-5-4-6-12(9-11)20(23)24/h4-6,9,15H,3,7-8H2,1-2H3. The molecule has 1 fully saturated rings. The van der Waals surface area contributed by atoms with Gasteiger partial charge in [0.05, 0.1) is 28.8 Å². The Bertz CT molecular complexity index is 849. The molecule has 1 aromatic rings. The second kappa shape index (κ2) is 7.28. The first-order valence-corrected chi connectivity index (χ1v) is 9.08. The Kier molecular flexibility index (Phi) is 5.08. The van der Waals surface area contributed by atoms with Crippen LogP contribution in [0.1, 0.15) is 31.9 Å². The van der Waals surface area contributed by atoms with Crippen LogP contribution in [0.2, 0.25) is 0 Å². The molecule has 0 N–H and O–H groups in total. The lowest BCUT2D eigenvalue weighted by molar-refractivity contribution is -0.384. The molecule has 2 aliphatic heterocycles. The Morgan fingerprint density at radius 3 is 2.96 bits per heavy atom. The number of non-ortho nitro benzene ring substituents is 1. The lowest BCUT2D eigenvalue weighted by Gasteiger charge is -2.38. The second-order valence-electron chi connectivity index (χ2n) is 5.73. The van der Waals surface area contributed by atoms with Gasteiger partial charge >= 0.3 is 5.97 Å². The Labute approximate surface area is 154 Å². The van der Waals surface area contributed by atoms with Crippen molar-refractivity contribution in [1.82, 2.24) is 4.90 Å². The molecule has 9 heteroatoms. The summed E-state index contributed by atoms with van der Waals surface area (Å²) in [6.45, 7) is 3.55. The number of nitro benzene ring substituents is 1. The highest BCUT2D eigenvalue weighted by Crippen LogP contribution is 2.40. The second-order valence-corrected chi connectivity index (χ2v) is 6.79. The quantitative estimate of drug-likeness (QED) is 0.455. The van der Waals surface area contributed by atoms with E-state index in [1.807, 2.05) is 0 Å². The minimum atomic E-state index is -0.790. The molecule has 0 aromatic heterocycles. The maximum atomic E-state index is 12.6. The lowest BCUT2D eigenvalue weighted by Crippen LogP contribution is -2.45. The van der Waals surface area contributed by atoms with Crippen LogP contribution >= 0.6 is 11.8 Å². The Hall–Kier alpha value is -2.68. The number of nitrogens with zero attached hydrogens (tertiary/aromatic N) is 3. The minimum Gasteiger partial charge on any atom is -0.463 e. The zero-order valence-corrected chi connectivity index (χ0v) is 15.1. The number of amidine groups is 1. The van der Waals surface area contributed by atoms with Gasteiger partial charge in [0.1, 0.15) is 0 Å². The molecule has 26 heavy (non-hydrogen) atoms. The number of carbonyl (C=O) groups excluding carboxylic acids is 2. The van der Waals surface area contributed by atoms with Crippen LogP contribution in [-0.4, -0.2) is 39.2 Å². The van der Waals surface area contributed by atoms with Gasteiger partial charge in [-0.3, -0.25) is 19.8 Å². The van der Waals surface area contributed by atoms with E-state index < -0.39 is 16.9 Å². The summed E-state index contributed by atoms with van der Waals surface area (Å²) in [4.78, 5) is 41.7. The number of benzene rings is 1. The molecule has 0 spiro atoms. The molecule has 0 bridgehead atoms. The van der Waals surface area contributed by atoms with Crippen molar-refractivity contribution in [2.45, 2.75) is 26.3 Å². The number of esters is 1. The highest BCUT2D eigenvalue weighted by molar-refractivity contribution is 8.14. The SMILES string of the molecule is CCOC(=O)C1=C(C)N=C2SCCC(=O)N2C1c1cccc([N+](=O)[O-])c1. The fourth-order valence-electron chi connectivity index (χ4n) is 2.99. The largest absolute Gasteiger partial charge is 0.463 e. The zero-order chi connectivity index (χ0) is 18.8. The normalized spacial score (nSPS) is 19.8. The van der Waals surface area contributed by atoms with E-state index in [1.54, 1.807) is 26.0 Å². The highest BCUT2D eigenvalue weighted by Gasteiger charge is 2.41. The minimum absolute atomic E-state index is 0.107. The number of thioether (sulfide) groups is 1. The van der Waals surface area contributed by atoms with Gasteiger partial charge < -0.3 is 4.74 Å². The average molecular weight is 375 g/mol. The molecule has 136 valence electrons. The summed E-state index contributed by atoms with van der Waals surface area (Å²) in [7, 11) is 0. The molecular formula is C17H17N3O5S. The molecule has 8 nitrogen and oxygen atoms in total. The number of aliphatic imine (C=N–C) groups is 1. The van der Waals surface area contributed by atoms with Crippen molar-refractivity contribution in [2.75, 3.05) is 12.4 Å². The van der Waals surface area contributed by atoms with E-state index in [-0.39, 0.29) is 23.8 Å². The molecule has 0 aliphatic carbocycles. The molecular weight excluding hydrogens is 358 g/mol.